The maximum atomic E-state index is 12.9. The Labute approximate surface area is 102 Å². The van der Waals surface area contributed by atoms with Crippen LogP contribution in [0.25, 0.3) is 0 Å². The third-order valence-electron chi connectivity index (χ3n) is 1.78. The first kappa shape index (κ1) is 14.2. The van der Waals surface area contributed by atoms with Gasteiger partial charge in [0, 0.05) is 0 Å². The maximum absolute atomic E-state index is 12.9. The molecule has 1 amide bonds. The molecule has 98 valence electrons. The van der Waals surface area contributed by atoms with Crippen molar-refractivity contribution in [1.82, 2.24) is 0 Å². The molecule has 0 aliphatic carbocycles. The van der Waals surface area contributed by atoms with Gasteiger partial charge in [0.1, 0.15) is 5.82 Å². The minimum atomic E-state index is -5.21. The van der Waals surface area contributed by atoms with E-state index < -0.39 is 40.1 Å². The molecule has 9 heteroatoms. The second-order valence-electron chi connectivity index (χ2n) is 3.07. The first-order valence-electron chi connectivity index (χ1n) is 4.23. The van der Waals surface area contributed by atoms with Crippen LogP contribution in [0.3, 0.4) is 0 Å². The number of halogens is 5. The molecule has 1 aromatic carbocycles. The van der Waals surface area contributed by atoms with Crippen LogP contribution in [0.2, 0.25) is 5.02 Å². The number of carbonyl (C=O) groups is 2. The van der Waals surface area contributed by atoms with Crippen LogP contribution in [-0.4, -0.2) is 23.2 Å². The zero-order valence-corrected chi connectivity index (χ0v) is 9.06. The number of aromatic carboxylic acids is 1. The first-order chi connectivity index (χ1) is 8.12. The van der Waals surface area contributed by atoms with Gasteiger partial charge in [0.05, 0.1) is 16.3 Å². The van der Waals surface area contributed by atoms with Crippen LogP contribution in [0.5, 0.6) is 0 Å². The van der Waals surface area contributed by atoms with E-state index in [0.717, 1.165) is 0 Å². The standard InChI is InChI=1S/C9H4ClF4NO3/c10-5-2-3(11)1-4(7(16)17)6(5)15-8(18)9(12,13)14/h1-2H,(H,15,18)(H,16,17). The molecule has 0 aromatic heterocycles. The minimum absolute atomic E-state index is 0.445. The monoisotopic (exact) mass is 285 g/mol. The number of hydrogen-bond acceptors (Lipinski definition) is 2. The van der Waals surface area contributed by atoms with Crippen LogP contribution < -0.4 is 5.32 Å². The van der Waals surface area contributed by atoms with Crippen molar-refractivity contribution >= 4 is 29.2 Å². The minimum Gasteiger partial charge on any atom is -0.478 e. The summed E-state index contributed by atoms with van der Waals surface area (Å²) in [6, 6.07) is 1.03. The summed E-state index contributed by atoms with van der Waals surface area (Å²) < 4.78 is 48.9. The number of nitrogens with one attached hydrogen (secondary N) is 1. The smallest absolute Gasteiger partial charge is 0.471 e. The normalized spacial score (nSPS) is 11.2. The lowest BCUT2D eigenvalue weighted by Crippen LogP contribution is -2.30. The quantitative estimate of drug-likeness (QED) is 0.821. The average molecular weight is 286 g/mol. The molecule has 0 fully saturated rings. The molecule has 1 aromatic rings. The molecule has 0 bridgehead atoms. The first-order valence-corrected chi connectivity index (χ1v) is 4.61. The lowest BCUT2D eigenvalue weighted by atomic mass is 10.1. The summed E-state index contributed by atoms with van der Waals surface area (Å²) in [6.45, 7) is 0. The number of carbonyl (C=O) groups excluding carboxylic acids is 1. The number of hydrogen-bond donors (Lipinski definition) is 2. The highest BCUT2D eigenvalue weighted by molar-refractivity contribution is 6.34. The fourth-order valence-electron chi connectivity index (χ4n) is 1.05. The average Bonchev–Trinajstić information content (AvgIpc) is 2.19. The van der Waals surface area contributed by atoms with E-state index in [2.05, 4.69) is 0 Å². The van der Waals surface area contributed by atoms with Gasteiger partial charge in [0.25, 0.3) is 0 Å². The predicted octanol–water partition coefficient (Wildman–Crippen LogP) is 2.68. The van der Waals surface area contributed by atoms with Gasteiger partial charge in [-0.2, -0.15) is 13.2 Å². The molecule has 0 aliphatic rings. The van der Waals surface area contributed by atoms with Gasteiger partial charge in [-0.15, -0.1) is 0 Å². The van der Waals surface area contributed by atoms with Crippen LogP contribution in [0.4, 0.5) is 23.2 Å². The second kappa shape index (κ2) is 4.81. The van der Waals surface area contributed by atoms with E-state index in [-0.39, 0.29) is 0 Å². The Morgan fingerprint density at radius 2 is 1.83 bits per heavy atom. The van der Waals surface area contributed by atoms with E-state index >= 15 is 0 Å². The topological polar surface area (TPSA) is 66.4 Å². The Hall–Kier alpha value is -1.83. The van der Waals surface area contributed by atoms with E-state index in [0.29, 0.717) is 12.1 Å². The zero-order chi connectivity index (χ0) is 14.1. The molecule has 0 spiro atoms. The van der Waals surface area contributed by atoms with Crippen LogP contribution in [0, 0.1) is 5.82 Å². The van der Waals surface area contributed by atoms with Crippen molar-refractivity contribution in [2.45, 2.75) is 6.18 Å². The van der Waals surface area contributed by atoms with Gasteiger partial charge >= 0.3 is 18.1 Å². The third-order valence-corrected chi connectivity index (χ3v) is 2.08. The highest BCUT2D eigenvalue weighted by Crippen LogP contribution is 2.29. The van der Waals surface area contributed by atoms with Gasteiger partial charge in [0.2, 0.25) is 0 Å². The number of rotatable bonds is 2. The molecule has 4 nitrogen and oxygen atoms in total. The molecule has 0 unspecified atom stereocenters. The molecule has 0 saturated heterocycles. The number of anilines is 1. The van der Waals surface area contributed by atoms with Crippen molar-refractivity contribution < 1.29 is 32.3 Å². The Bertz CT molecular complexity index is 515. The summed E-state index contributed by atoms with van der Waals surface area (Å²) >= 11 is 5.39. The predicted molar refractivity (Wildman–Crippen MR) is 53.1 cm³/mol. The number of amides is 1. The van der Waals surface area contributed by atoms with Crippen molar-refractivity contribution in [3.63, 3.8) is 0 Å². The second-order valence-corrected chi connectivity index (χ2v) is 3.47. The van der Waals surface area contributed by atoms with Crippen LogP contribution in [0.15, 0.2) is 12.1 Å². The van der Waals surface area contributed by atoms with E-state index in [9.17, 15) is 27.2 Å². The highest BCUT2D eigenvalue weighted by Gasteiger charge is 2.39. The van der Waals surface area contributed by atoms with Crippen molar-refractivity contribution in [2.75, 3.05) is 5.32 Å². The van der Waals surface area contributed by atoms with Gasteiger partial charge < -0.3 is 10.4 Å². The van der Waals surface area contributed by atoms with Gasteiger partial charge in [-0.05, 0) is 12.1 Å². The highest BCUT2D eigenvalue weighted by atomic mass is 35.5. The molecular weight excluding hydrogens is 282 g/mol. The van der Waals surface area contributed by atoms with Crippen LogP contribution in [-0.2, 0) is 4.79 Å². The zero-order valence-electron chi connectivity index (χ0n) is 8.31. The van der Waals surface area contributed by atoms with Crippen LogP contribution in [0.1, 0.15) is 10.4 Å². The Morgan fingerprint density at radius 3 is 2.28 bits per heavy atom. The Kier molecular flexibility index (Phi) is 3.80. The summed E-state index contributed by atoms with van der Waals surface area (Å²) in [5.74, 6) is -5.19. The molecule has 0 radical (unpaired) electrons. The third kappa shape index (κ3) is 3.10. The molecule has 0 atom stereocenters. The van der Waals surface area contributed by atoms with Gasteiger partial charge in [-0.25, -0.2) is 9.18 Å². The van der Waals surface area contributed by atoms with E-state index in [1.807, 2.05) is 0 Å². The van der Waals surface area contributed by atoms with Gasteiger partial charge in [0.15, 0.2) is 0 Å². The maximum Gasteiger partial charge on any atom is 0.471 e. The molecule has 18 heavy (non-hydrogen) atoms. The number of alkyl halides is 3. The van der Waals surface area contributed by atoms with Gasteiger partial charge in [-0.3, -0.25) is 4.79 Å². The van der Waals surface area contributed by atoms with Gasteiger partial charge in [-0.1, -0.05) is 11.6 Å². The fourth-order valence-corrected chi connectivity index (χ4v) is 1.31. The molecule has 1 rings (SSSR count). The van der Waals surface area contributed by atoms with E-state index in [4.69, 9.17) is 16.7 Å². The number of benzene rings is 1. The summed E-state index contributed by atoms with van der Waals surface area (Å²) in [6.07, 6.45) is -5.21. The van der Waals surface area contributed by atoms with Crippen molar-refractivity contribution in [3.05, 3.63) is 28.5 Å². The molecule has 0 aliphatic heterocycles. The lowest BCUT2D eigenvalue weighted by Gasteiger charge is -2.12. The number of carboxylic acids is 1. The molecule has 2 N–H and O–H groups in total. The van der Waals surface area contributed by atoms with E-state index in [1.54, 1.807) is 0 Å². The largest absolute Gasteiger partial charge is 0.478 e. The Balaban J connectivity index is 3.24. The molecule has 0 saturated carbocycles. The van der Waals surface area contributed by atoms with Crippen molar-refractivity contribution in [3.8, 4) is 0 Å². The van der Waals surface area contributed by atoms with Crippen LogP contribution >= 0.6 is 11.6 Å². The summed E-state index contributed by atoms with van der Waals surface area (Å²) in [5, 5.41) is 9.31. The number of carboxylic acid groups (broad SMARTS) is 1. The van der Waals surface area contributed by atoms with Crippen molar-refractivity contribution in [2.24, 2.45) is 0 Å². The molecular formula is C9H4ClF4NO3. The fraction of sp³-hybridized carbons (Fsp3) is 0.111. The summed E-state index contributed by atoms with van der Waals surface area (Å²) in [5.41, 5.74) is -1.69. The lowest BCUT2D eigenvalue weighted by molar-refractivity contribution is -0.167. The summed E-state index contributed by atoms with van der Waals surface area (Å²) in [4.78, 5) is 21.4. The van der Waals surface area contributed by atoms with Crippen molar-refractivity contribution in [1.29, 1.82) is 0 Å². The van der Waals surface area contributed by atoms with E-state index in [1.165, 1.54) is 5.32 Å². The Morgan fingerprint density at radius 1 is 1.28 bits per heavy atom. The SMILES string of the molecule is O=C(O)c1cc(F)cc(Cl)c1NC(=O)C(F)(F)F. The molecule has 0 heterocycles. The summed E-state index contributed by atoms with van der Waals surface area (Å²) in [7, 11) is 0.